The lowest BCUT2D eigenvalue weighted by Crippen LogP contribution is -2.46. The Bertz CT molecular complexity index is 901. The molecule has 1 aliphatic heterocycles. The third-order valence-electron chi connectivity index (χ3n) is 4.56. The third kappa shape index (κ3) is 5.20. The van der Waals surface area contributed by atoms with E-state index in [2.05, 4.69) is 15.6 Å². The molecule has 1 aromatic heterocycles. The van der Waals surface area contributed by atoms with Gasteiger partial charge in [0, 0.05) is 38.6 Å². The summed E-state index contributed by atoms with van der Waals surface area (Å²) in [6.07, 6.45) is 6.58. The van der Waals surface area contributed by atoms with E-state index in [9.17, 15) is 13.2 Å². The van der Waals surface area contributed by atoms with Crippen LogP contribution >= 0.6 is 11.6 Å². The van der Waals surface area contributed by atoms with Crippen LogP contribution in [0.15, 0.2) is 35.5 Å². The number of nitrogens with zero attached hydrogens (tertiary/aromatic N) is 4. The molecule has 0 spiro atoms. The Morgan fingerprint density at radius 2 is 2.22 bits per heavy atom. The number of halogens is 1. The van der Waals surface area contributed by atoms with Crippen LogP contribution in [0.1, 0.15) is 18.4 Å². The van der Waals surface area contributed by atoms with E-state index in [1.807, 2.05) is 6.20 Å². The Balaban J connectivity index is 1.55. The molecule has 2 aromatic rings. The summed E-state index contributed by atoms with van der Waals surface area (Å²) in [5.41, 5.74) is 0.747. The number of rotatable bonds is 5. The standard InChI is InChI=1S/C17H22ClN5O3S/c1-27(25,26)16-5-4-13(9-15(16)18)10-19-17(24)22-7-2-3-14(11-22)12-23-8-6-20-21-23/h4-6,8-9,14H,2-3,7,10-12H2,1H3,(H,19,24). The van der Waals surface area contributed by atoms with E-state index < -0.39 is 9.84 Å². The second-order valence-electron chi connectivity index (χ2n) is 6.78. The van der Waals surface area contributed by atoms with Gasteiger partial charge in [-0.1, -0.05) is 22.9 Å². The molecule has 27 heavy (non-hydrogen) atoms. The number of benzene rings is 1. The molecule has 0 aliphatic carbocycles. The molecule has 146 valence electrons. The smallest absolute Gasteiger partial charge is 0.317 e. The van der Waals surface area contributed by atoms with Crippen LogP contribution in [0.4, 0.5) is 4.79 Å². The molecule has 8 nitrogen and oxygen atoms in total. The SMILES string of the molecule is CS(=O)(=O)c1ccc(CNC(=O)N2CCCC(Cn3ccnn3)C2)cc1Cl. The van der Waals surface area contributed by atoms with Crippen LogP contribution in [-0.4, -0.2) is 53.7 Å². The second kappa shape index (κ2) is 8.26. The predicted octanol–water partition coefficient (Wildman–Crippen LogP) is 1.96. The van der Waals surface area contributed by atoms with E-state index in [1.54, 1.807) is 27.9 Å². The first-order chi connectivity index (χ1) is 12.8. The van der Waals surface area contributed by atoms with Gasteiger partial charge in [0.1, 0.15) is 0 Å². The number of sulfone groups is 1. The lowest BCUT2D eigenvalue weighted by atomic mass is 9.98. The number of amides is 2. The van der Waals surface area contributed by atoms with Crippen molar-refractivity contribution in [1.29, 1.82) is 0 Å². The van der Waals surface area contributed by atoms with Crippen LogP contribution in [0.2, 0.25) is 5.02 Å². The van der Waals surface area contributed by atoms with Gasteiger partial charge < -0.3 is 10.2 Å². The minimum Gasteiger partial charge on any atom is -0.334 e. The molecule has 1 N–H and O–H groups in total. The number of nitrogens with one attached hydrogen (secondary N) is 1. The summed E-state index contributed by atoms with van der Waals surface area (Å²) in [7, 11) is -3.37. The monoisotopic (exact) mass is 411 g/mol. The van der Waals surface area contributed by atoms with Gasteiger partial charge >= 0.3 is 6.03 Å². The van der Waals surface area contributed by atoms with E-state index in [-0.39, 0.29) is 22.5 Å². The fourth-order valence-electron chi connectivity index (χ4n) is 3.24. The first-order valence-corrected chi connectivity index (χ1v) is 11.0. The Hall–Kier alpha value is -2.13. The zero-order valence-corrected chi connectivity index (χ0v) is 16.6. The molecule has 2 amide bonds. The molecule has 1 aliphatic rings. The Morgan fingerprint density at radius 1 is 1.41 bits per heavy atom. The topological polar surface area (TPSA) is 97.2 Å². The number of hydrogen-bond donors (Lipinski definition) is 1. The quantitative estimate of drug-likeness (QED) is 0.811. The van der Waals surface area contributed by atoms with Gasteiger partial charge in [-0.15, -0.1) is 5.10 Å². The number of piperidine rings is 1. The van der Waals surface area contributed by atoms with Gasteiger partial charge in [-0.2, -0.15) is 0 Å². The second-order valence-corrected chi connectivity index (χ2v) is 9.17. The molecule has 2 heterocycles. The fraction of sp³-hybridized carbons (Fsp3) is 0.471. The minimum absolute atomic E-state index is 0.0891. The number of carbonyl (C=O) groups is 1. The van der Waals surface area contributed by atoms with Gasteiger partial charge in [-0.3, -0.25) is 4.68 Å². The molecule has 0 bridgehead atoms. The molecule has 1 fully saturated rings. The van der Waals surface area contributed by atoms with E-state index in [4.69, 9.17) is 11.6 Å². The van der Waals surface area contributed by atoms with Crippen molar-refractivity contribution < 1.29 is 13.2 Å². The van der Waals surface area contributed by atoms with Gasteiger partial charge in [0.15, 0.2) is 9.84 Å². The van der Waals surface area contributed by atoms with E-state index in [0.29, 0.717) is 19.0 Å². The number of carbonyl (C=O) groups excluding carboxylic acids is 1. The summed E-state index contributed by atoms with van der Waals surface area (Å²) in [5.74, 6) is 0.342. The number of hydrogen-bond acceptors (Lipinski definition) is 5. The van der Waals surface area contributed by atoms with Crippen LogP contribution in [0.3, 0.4) is 0 Å². The maximum absolute atomic E-state index is 12.5. The van der Waals surface area contributed by atoms with E-state index in [0.717, 1.165) is 31.2 Å². The van der Waals surface area contributed by atoms with Crippen molar-refractivity contribution in [3.8, 4) is 0 Å². The molecule has 1 aromatic carbocycles. The molecule has 3 rings (SSSR count). The molecule has 1 unspecified atom stereocenters. The van der Waals surface area contributed by atoms with Gasteiger partial charge in [0.05, 0.1) is 16.1 Å². The van der Waals surface area contributed by atoms with Crippen LogP contribution in [-0.2, 0) is 22.9 Å². The molecular weight excluding hydrogens is 390 g/mol. The number of aromatic nitrogens is 3. The molecule has 0 saturated carbocycles. The fourth-order valence-corrected chi connectivity index (χ4v) is 4.59. The van der Waals surface area contributed by atoms with Crippen LogP contribution < -0.4 is 5.32 Å². The Kier molecular flexibility index (Phi) is 6.01. The van der Waals surface area contributed by atoms with E-state index in [1.165, 1.54) is 6.07 Å². The Labute approximate surface area is 163 Å². The van der Waals surface area contributed by atoms with Gasteiger partial charge in [0.25, 0.3) is 0 Å². The normalized spacial score (nSPS) is 17.7. The third-order valence-corrected chi connectivity index (χ3v) is 6.14. The maximum atomic E-state index is 12.5. The van der Waals surface area contributed by atoms with Crippen molar-refractivity contribution in [2.75, 3.05) is 19.3 Å². The summed E-state index contributed by atoms with van der Waals surface area (Å²) < 4.78 is 25.0. The summed E-state index contributed by atoms with van der Waals surface area (Å²) in [6.45, 7) is 2.41. The summed E-state index contributed by atoms with van der Waals surface area (Å²) in [4.78, 5) is 14.4. The number of urea groups is 1. The molecular formula is C17H22ClN5O3S. The lowest BCUT2D eigenvalue weighted by Gasteiger charge is -2.32. The average Bonchev–Trinajstić information content (AvgIpc) is 3.12. The van der Waals surface area contributed by atoms with Crippen LogP contribution in [0.5, 0.6) is 0 Å². The predicted molar refractivity (Wildman–Crippen MR) is 101 cm³/mol. The highest BCUT2D eigenvalue weighted by Crippen LogP contribution is 2.23. The molecule has 1 saturated heterocycles. The largest absolute Gasteiger partial charge is 0.334 e. The molecule has 1 atom stereocenters. The van der Waals surface area contributed by atoms with Crippen molar-refractivity contribution in [3.63, 3.8) is 0 Å². The maximum Gasteiger partial charge on any atom is 0.317 e. The van der Waals surface area contributed by atoms with Crippen LogP contribution in [0.25, 0.3) is 0 Å². The summed E-state index contributed by atoms with van der Waals surface area (Å²) in [6, 6.07) is 4.56. The van der Waals surface area contributed by atoms with Gasteiger partial charge in [0.2, 0.25) is 0 Å². The van der Waals surface area contributed by atoms with Crippen LogP contribution in [0, 0.1) is 5.92 Å². The first-order valence-electron chi connectivity index (χ1n) is 8.68. The number of likely N-dealkylation sites (tertiary alicyclic amines) is 1. The average molecular weight is 412 g/mol. The Morgan fingerprint density at radius 3 is 2.89 bits per heavy atom. The van der Waals surface area contributed by atoms with Crippen molar-refractivity contribution in [3.05, 3.63) is 41.2 Å². The van der Waals surface area contributed by atoms with Gasteiger partial charge in [-0.05, 0) is 36.5 Å². The first kappa shape index (κ1) is 19.6. The molecule has 0 radical (unpaired) electrons. The highest BCUT2D eigenvalue weighted by atomic mass is 35.5. The summed E-state index contributed by atoms with van der Waals surface area (Å²) >= 11 is 6.05. The highest BCUT2D eigenvalue weighted by molar-refractivity contribution is 7.90. The highest BCUT2D eigenvalue weighted by Gasteiger charge is 2.24. The van der Waals surface area contributed by atoms with Crippen molar-refractivity contribution >= 4 is 27.5 Å². The zero-order valence-electron chi connectivity index (χ0n) is 15.0. The van der Waals surface area contributed by atoms with Crippen molar-refractivity contribution in [1.82, 2.24) is 25.2 Å². The van der Waals surface area contributed by atoms with Crippen molar-refractivity contribution in [2.24, 2.45) is 5.92 Å². The van der Waals surface area contributed by atoms with E-state index >= 15 is 0 Å². The molecule has 10 heteroatoms. The zero-order chi connectivity index (χ0) is 19.4. The van der Waals surface area contributed by atoms with Gasteiger partial charge in [-0.25, -0.2) is 13.2 Å². The summed E-state index contributed by atoms with van der Waals surface area (Å²) in [5, 5.41) is 10.8. The minimum atomic E-state index is -3.37. The lowest BCUT2D eigenvalue weighted by molar-refractivity contribution is 0.157. The van der Waals surface area contributed by atoms with Crippen molar-refractivity contribution in [2.45, 2.75) is 30.8 Å².